The van der Waals surface area contributed by atoms with Gasteiger partial charge in [0.05, 0.1) is 11.9 Å². The number of nitrogens with one attached hydrogen (secondary N) is 1. The summed E-state index contributed by atoms with van der Waals surface area (Å²) >= 11 is 0. The molecule has 5 heteroatoms. The van der Waals surface area contributed by atoms with Crippen molar-refractivity contribution < 1.29 is 4.74 Å². The van der Waals surface area contributed by atoms with Gasteiger partial charge in [-0.15, -0.1) is 5.10 Å². The fourth-order valence-corrected chi connectivity index (χ4v) is 1.33. The highest BCUT2D eigenvalue weighted by molar-refractivity contribution is 5.22. The SMILES string of the molecule is CC(C)NCc1ccc(Oc2cccnc2)nn1. The first-order valence-electron chi connectivity index (χ1n) is 5.88. The summed E-state index contributed by atoms with van der Waals surface area (Å²) in [5.74, 6) is 1.12. The minimum Gasteiger partial charge on any atom is -0.436 e. The molecule has 0 aliphatic rings. The van der Waals surface area contributed by atoms with Gasteiger partial charge in [0.25, 0.3) is 0 Å². The van der Waals surface area contributed by atoms with Crippen LogP contribution in [0.15, 0.2) is 36.7 Å². The van der Waals surface area contributed by atoms with Gasteiger partial charge in [-0.3, -0.25) is 4.98 Å². The van der Waals surface area contributed by atoms with Gasteiger partial charge in [-0.05, 0) is 18.2 Å². The van der Waals surface area contributed by atoms with Crippen LogP contribution < -0.4 is 10.1 Å². The molecule has 0 bridgehead atoms. The van der Waals surface area contributed by atoms with E-state index in [-0.39, 0.29) is 0 Å². The molecule has 0 fully saturated rings. The Bertz CT molecular complexity index is 470. The van der Waals surface area contributed by atoms with Crippen LogP contribution in [0.3, 0.4) is 0 Å². The number of nitrogens with zero attached hydrogens (tertiary/aromatic N) is 3. The zero-order valence-electron chi connectivity index (χ0n) is 10.5. The summed E-state index contributed by atoms with van der Waals surface area (Å²) in [5.41, 5.74) is 0.891. The molecule has 94 valence electrons. The zero-order chi connectivity index (χ0) is 12.8. The quantitative estimate of drug-likeness (QED) is 0.873. The summed E-state index contributed by atoms with van der Waals surface area (Å²) in [6.45, 7) is 4.89. The fourth-order valence-electron chi connectivity index (χ4n) is 1.33. The predicted octanol–water partition coefficient (Wildman–Crippen LogP) is 2.16. The van der Waals surface area contributed by atoms with Crippen molar-refractivity contribution >= 4 is 0 Å². The summed E-state index contributed by atoms with van der Waals surface area (Å²) in [6, 6.07) is 7.76. The molecule has 0 aromatic carbocycles. The van der Waals surface area contributed by atoms with E-state index in [1.54, 1.807) is 18.5 Å². The van der Waals surface area contributed by atoms with Crippen molar-refractivity contribution in [3.8, 4) is 11.6 Å². The fraction of sp³-hybridized carbons (Fsp3) is 0.308. The molecule has 0 aliphatic heterocycles. The Balaban J connectivity index is 1.95. The molecule has 2 heterocycles. The maximum absolute atomic E-state index is 5.50. The highest BCUT2D eigenvalue weighted by Gasteiger charge is 2.01. The normalized spacial score (nSPS) is 10.6. The van der Waals surface area contributed by atoms with Crippen LogP contribution in [0.25, 0.3) is 0 Å². The van der Waals surface area contributed by atoms with E-state index in [0.29, 0.717) is 24.2 Å². The van der Waals surface area contributed by atoms with E-state index in [2.05, 4.69) is 34.3 Å². The number of ether oxygens (including phenoxy) is 1. The standard InChI is InChI=1S/C13H16N4O/c1-10(2)15-8-11-5-6-13(17-16-11)18-12-4-3-7-14-9-12/h3-7,9-10,15H,8H2,1-2H3. The van der Waals surface area contributed by atoms with Gasteiger partial charge in [-0.1, -0.05) is 13.8 Å². The predicted molar refractivity (Wildman–Crippen MR) is 68.3 cm³/mol. The largest absolute Gasteiger partial charge is 0.436 e. The molecule has 0 spiro atoms. The van der Waals surface area contributed by atoms with Crippen LogP contribution in [0.2, 0.25) is 0 Å². The second-order valence-electron chi connectivity index (χ2n) is 4.19. The van der Waals surface area contributed by atoms with Gasteiger partial charge in [0.1, 0.15) is 5.75 Å². The van der Waals surface area contributed by atoms with Crippen LogP contribution in [-0.2, 0) is 6.54 Å². The second-order valence-corrected chi connectivity index (χ2v) is 4.19. The van der Waals surface area contributed by atoms with Crippen molar-refractivity contribution in [2.24, 2.45) is 0 Å². The summed E-state index contributed by atoms with van der Waals surface area (Å²) in [7, 11) is 0. The van der Waals surface area contributed by atoms with Crippen molar-refractivity contribution in [3.63, 3.8) is 0 Å². The third kappa shape index (κ3) is 3.78. The maximum Gasteiger partial charge on any atom is 0.238 e. The van der Waals surface area contributed by atoms with Gasteiger partial charge in [0.15, 0.2) is 0 Å². The smallest absolute Gasteiger partial charge is 0.238 e. The third-order valence-corrected chi connectivity index (χ3v) is 2.24. The molecule has 0 radical (unpaired) electrons. The van der Waals surface area contributed by atoms with Crippen LogP contribution in [0.4, 0.5) is 0 Å². The Morgan fingerprint density at radius 3 is 2.72 bits per heavy atom. The highest BCUT2D eigenvalue weighted by Crippen LogP contribution is 2.16. The minimum absolute atomic E-state index is 0.429. The van der Waals surface area contributed by atoms with E-state index in [0.717, 1.165) is 5.69 Å². The first kappa shape index (κ1) is 12.4. The van der Waals surface area contributed by atoms with Gasteiger partial charge < -0.3 is 10.1 Å². The lowest BCUT2D eigenvalue weighted by atomic mass is 10.3. The highest BCUT2D eigenvalue weighted by atomic mass is 16.5. The average molecular weight is 244 g/mol. The lowest BCUT2D eigenvalue weighted by molar-refractivity contribution is 0.450. The maximum atomic E-state index is 5.50. The average Bonchev–Trinajstić information content (AvgIpc) is 2.39. The second kappa shape index (κ2) is 6.07. The van der Waals surface area contributed by atoms with E-state index < -0.39 is 0 Å². The molecule has 5 nitrogen and oxygen atoms in total. The van der Waals surface area contributed by atoms with E-state index in [9.17, 15) is 0 Å². The Labute approximate surface area is 106 Å². The van der Waals surface area contributed by atoms with Gasteiger partial charge in [-0.25, -0.2) is 0 Å². The van der Waals surface area contributed by atoms with E-state index in [1.165, 1.54) is 0 Å². The third-order valence-electron chi connectivity index (χ3n) is 2.24. The molecule has 2 aromatic rings. The van der Waals surface area contributed by atoms with Crippen molar-refractivity contribution in [2.45, 2.75) is 26.4 Å². The Morgan fingerprint density at radius 2 is 2.11 bits per heavy atom. The molecule has 2 rings (SSSR count). The molecule has 0 atom stereocenters. The Morgan fingerprint density at radius 1 is 1.22 bits per heavy atom. The van der Waals surface area contributed by atoms with E-state index in [1.807, 2.05) is 18.2 Å². The lowest BCUT2D eigenvalue weighted by Crippen LogP contribution is -2.22. The minimum atomic E-state index is 0.429. The van der Waals surface area contributed by atoms with Gasteiger partial charge in [-0.2, -0.15) is 5.10 Å². The summed E-state index contributed by atoms with van der Waals surface area (Å²) in [4.78, 5) is 3.96. The number of hydrogen-bond donors (Lipinski definition) is 1. The van der Waals surface area contributed by atoms with Crippen LogP contribution in [-0.4, -0.2) is 21.2 Å². The van der Waals surface area contributed by atoms with Crippen molar-refractivity contribution in [1.82, 2.24) is 20.5 Å². The Hall–Kier alpha value is -2.01. The van der Waals surface area contributed by atoms with Crippen molar-refractivity contribution in [2.75, 3.05) is 0 Å². The first-order chi connectivity index (χ1) is 8.74. The van der Waals surface area contributed by atoms with Gasteiger partial charge >= 0.3 is 0 Å². The topological polar surface area (TPSA) is 59.9 Å². The molecule has 0 saturated carbocycles. The Kier molecular flexibility index (Phi) is 4.20. The van der Waals surface area contributed by atoms with Crippen LogP contribution in [0.5, 0.6) is 11.6 Å². The molecule has 0 amide bonds. The molecular formula is C13H16N4O. The van der Waals surface area contributed by atoms with Crippen molar-refractivity contribution in [3.05, 3.63) is 42.4 Å². The van der Waals surface area contributed by atoms with Crippen LogP contribution in [0, 0.1) is 0 Å². The zero-order valence-corrected chi connectivity index (χ0v) is 10.5. The van der Waals surface area contributed by atoms with E-state index in [4.69, 9.17) is 4.74 Å². The molecule has 0 unspecified atom stereocenters. The number of hydrogen-bond acceptors (Lipinski definition) is 5. The number of aromatic nitrogens is 3. The van der Waals surface area contributed by atoms with Gasteiger partial charge in [0, 0.05) is 24.8 Å². The summed E-state index contributed by atoms with van der Waals surface area (Å²) in [6.07, 6.45) is 3.33. The van der Waals surface area contributed by atoms with Crippen LogP contribution in [0.1, 0.15) is 19.5 Å². The summed E-state index contributed by atoms with van der Waals surface area (Å²) < 4.78 is 5.50. The van der Waals surface area contributed by atoms with Crippen molar-refractivity contribution in [1.29, 1.82) is 0 Å². The van der Waals surface area contributed by atoms with Gasteiger partial charge in [0.2, 0.25) is 5.88 Å². The number of rotatable bonds is 5. The molecule has 2 aromatic heterocycles. The summed E-state index contributed by atoms with van der Waals surface area (Å²) in [5, 5.41) is 11.4. The molecule has 1 N–H and O–H groups in total. The van der Waals surface area contributed by atoms with Crippen LogP contribution >= 0.6 is 0 Å². The lowest BCUT2D eigenvalue weighted by Gasteiger charge is -2.07. The first-order valence-corrected chi connectivity index (χ1v) is 5.88. The molecule has 18 heavy (non-hydrogen) atoms. The monoisotopic (exact) mass is 244 g/mol. The van der Waals surface area contributed by atoms with E-state index >= 15 is 0 Å². The molecule has 0 saturated heterocycles. The number of pyridine rings is 1. The molecular weight excluding hydrogens is 228 g/mol. The molecule has 0 aliphatic carbocycles.